The summed E-state index contributed by atoms with van der Waals surface area (Å²) in [6.07, 6.45) is 1.15. The Morgan fingerprint density at radius 2 is 1.95 bits per heavy atom. The molecule has 1 fully saturated rings. The van der Waals surface area contributed by atoms with Crippen molar-refractivity contribution in [2.75, 3.05) is 13.1 Å². The molecule has 0 spiro atoms. The van der Waals surface area contributed by atoms with E-state index in [9.17, 15) is 17.6 Å². The van der Waals surface area contributed by atoms with Gasteiger partial charge in [-0.15, -0.1) is 0 Å². The second-order valence-electron chi connectivity index (χ2n) is 3.71. The minimum absolute atomic E-state index is 0.0151. The number of halogens is 4. The Labute approximate surface area is 105 Å². The van der Waals surface area contributed by atoms with E-state index >= 15 is 0 Å². The van der Waals surface area contributed by atoms with E-state index in [2.05, 4.69) is 10.6 Å². The molecule has 1 saturated heterocycles. The molecule has 1 unspecified atom stereocenters. The lowest BCUT2D eigenvalue weighted by molar-refractivity contribution is -0.192. The number of ether oxygens (including phenoxy) is 1. The lowest BCUT2D eigenvalue weighted by Gasteiger charge is -2.34. The average Bonchev–Trinajstić information content (AvgIpc) is 2.24. The maximum atomic E-state index is 13.5. The molecule has 0 aromatic heterocycles. The number of dihydropyridines is 1. The molecule has 2 aliphatic rings. The van der Waals surface area contributed by atoms with E-state index < -0.39 is 18.1 Å². The van der Waals surface area contributed by atoms with Gasteiger partial charge < -0.3 is 20.5 Å². The first-order valence-electron chi connectivity index (χ1n) is 5.22. The molecule has 19 heavy (non-hydrogen) atoms. The predicted molar refractivity (Wildman–Crippen MR) is 56.7 cm³/mol. The fraction of sp³-hybridized carbons (Fsp3) is 0.500. The van der Waals surface area contributed by atoms with Crippen LogP contribution < -0.4 is 10.6 Å². The number of carboxylic acid groups (broad SMARTS) is 1. The third kappa shape index (κ3) is 5.26. The molecule has 0 amide bonds. The van der Waals surface area contributed by atoms with E-state index in [0.29, 0.717) is 0 Å². The van der Waals surface area contributed by atoms with Gasteiger partial charge in [0.1, 0.15) is 0 Å². The van der Waals surface area contributed by atoms with Crippen molar-refractivity contribution in [3.8, 4) is 0 Å². The Hall–Kier alpha value is -1.61. The first kappa shape index (κ1) is 15.4. The van der Waals surface area contributed by atoms with Gasteiger partial charge in [-0.1, -0.05) is 6.08 Å². The van der Waals surface area contributed by atoms with Gasteiger partial charge in [-0.3, -0.25) is 0 Å². The number of allylic oxidation sites excluding steroid dienone is 2. The highest BCUT2D eigenvalue weighted by Crippen LogP contribution is 2.18. The average molecular weight is 284 g/mol. The van der Waals surface area contributed by atoms with Crippen molar-refractivity contribution >= 4 is 5.97 Å². The Morgan fingerprint density at radius 1 is 1.37 bits per heavy atom. The number of nitrogens with one attached hydrogen (secondary N) is 2. The van der Waals surface area contributed by atoms with Crippen LogP contribution in [0.1, 0.15) is 0 Å². The number of rotatable bonds is 2. The molecule has 0 aromatic rings. The van der Waals surface area contributed by atoms with Gasteiger partial charge in [0, 0.05) is 25.4 Å². The highest BCUT2D eigenvalue weighted by Gasteiger charge is 2.38. The van der Waals surface area contributed by atoms with Crippen molar-refractivity contribution < 1.29 is 32.2 Å². The number of hydrogen-bond acceptors (Lipinski definition) is 4. The Morgan fingerprint density at radius 3 is 2.26 bits per heavy atom. The molecule has 0 aliphatic carbocycles. The van der Waals surface area contributed by atoms with Crippen LogP contribution in [-0.2, 0) is 9.53 Å². The Kier molecular flexibility index (Phi) is 4.90. The van der Waals surface area contributed by atoms with Gasteiger partial charge >= 0.3 is 18.1 Å². The molecule has 9 heteroatoms. The van der Waals surface area contributed by atoms with Crippen molar-refractivity contribution in [2.45, 2.75) is 18.3 Å². The van der Waals surface area contributed by atoms with Gasteiger partial charge in [0.15, 0.2) is 0 Å². The molecule has 2 rings (SSSR count). The molecule has 0 radical (unpaired) electrons. The minimum atomic E-state index is -5.08. The van der Waals surface area contributed by atoms with Gasteiger partial charge in [0.05, 0.1) is 6.10 Å². The van der Waals surface area contributed by atoms with Gasteiger partial charge in [-0.05, 0) is 6.08 Å². The molecule has 0 saturated carbocycles. The molecule has 1 atom stereocenters. The first-order valence-corrected chi connectivity index (χ1v) is 5.22. The molecule has 108 valence electrons. The number of alkyl halides is 4. The van der Waals surface area contributed by atoms with Gasteiger partial charge in [0.2, 0.25) is 0 Å². The van der Waals surface area contributed by atoms with Crippen LogP contribution in [0.2, 0.25) is 0 Å². The Balaban J connectivity index is 0.000000224. The zero-order chi connectivity index (χ0) is 14.5. The van der Waals surface area contributed by atoms with Crippen molar-refractivity contribution in [3.05, 3.63) is 24.4 Å². The molecular weight excluding hydrogens is 272 g/mol. The summed E-state index contributed by atoms with van der Waals surface area (Å²) in [7, 11) is 0. The van der Waals surface area contributed by atoms with E-state index in [1.54, 1.807) is 12.2 Å². The quantitative estimate of drug-likeness (QED) is 0.519. The Bertz CT molecular complexity index is 379. The van der Waals surface area contributed by atoms with Crippen LogP contribution in [0.5, 0.6) is 0 Å². The van der Waals surface area contributed by atoms with Crippen LogP contribution in [0, 0.1) is 0 Å². The van der Waals surface area contributed by atoms with Gasteiger partial charge in [-0.2, -0.15) is 17.6 Å². The van der Waals surface area contributed by atoms with Crippen molar-refractivity contribution in [2.24, 2.45) is 0 Å². The van der Waals surface area contributed by atoms with Crippen molar-refractivity contribution in [1.82, 2.24) is 10.6 Å². The molecule has 2 aliphatic heterocycles. The third-order valence-electron chi connectivity index (χ3n) is 2.12. The highest BCUT2D eigenvalue weighted by atomic mass is 19.4. The second kappa shape index (κ2) is 6.02. The normalized spacial score (nSPS) is 25.9. The van der Waals surface area contributed by atoms with Gasteiger partial charge in [-0.25, -0.2) is 4.79 Å². The van der Waals surface area contributed by atoms with Gasteiger partial charge in [0.25, 0.3) is 0 Å². The largest absolute Gasteiger partial charge is 0.490 e. The van der Waals surface area contributed by atoms with Crippen LogP contribution in [0.25, 0.3) is 0 Å². The van der Waals surface area contributed by atoms with Crippen LogP contribution in [0.4, 0.5) is 17.6 Å². The van der Waals surface area contributed by atoms with Crippen LogP contribution in [0.15, 0.2) is 24.4 Å². The summed E-state index contributed by atoms with van der Waals surface area (Å²) in [5.41, 5.74) is 0. The fourth-order valence-corrected chi connectivity index (χ4v) is 1.11. The standard InChI is InChI=1S/C8H11FN2O.C2HF3O2/c9-8(3-1-2-4-11-8)12-7-5-10-6-7;3-2(4,5)1(6)7/h1-4,7,10-11H,5-6H2;(H,6,7). The zero-order valence-electron chi connectivity index (χ0n) is 9.58. The van der Waals surface area contributed by atoms with Crippen molar-refractivity contribution in [3.63, 3.8) is 0 Å². The molecule has 0 bridgehead atoms. The number of carbonyl (C=O) groups is 1. The molecular formula is C10H12F4N2O3. The summed E-state index contributed by atoms with van der Waals surface area (Å²) >= 11 is 0. The summed E-state index contributed by atoms with van der Waals surface area (Å²) in [6.45, 7) is 1.45. The number of carboxylic acids is 1. The summed E-state index contributed by atoms with van der Waals surface area (Å²) < 4.78 is 50.4. The molecule has 3 N–H and O–H groups in total. The summed E-state index contributed by atoms with van der Waals surface area (Å²) in [5, 5.41) is 12.6. The van der Waals surface area contributed by atoms with E-state index in [4.69, 9.17) is 14.6 Å². The maximum absolute atomic E-state index is 13.5. The first-order chi connectivity index (χ1) is 8.73. The lowest BCUT2D eigenvalue weighted by atomic mass is 10.2. The molecule has 5 nitrogen and oxygen atoms in total. The van der Waals surface area contributed by atoms with E-state index in [1.165, 1.54) is 12.3 Å². The second-order valence-corrected chi connectivity index (χ2v) is 3.71. The molecule has 2 heterocycles. The topological polar surface area (TPSA) is 70.6 Å². The van der Waals surface area contributed by atoms with Crippen LogP contribution in [-0.4, -0.2) is 42.4 Å². The van der Waals surface area contributed by atoms with Crippen molar-refractivity contribution in [1.29, 1.82) is 0 Å². The summed E-state index contributed by atoms with van der Waals surface area (Å²) in [6, 6.07) is 0. The monoisotopic (exact) mass is 284 g/mol. The zero-order valence-corrected chi connectivity index (χ0v) is 9.58. The van der Waals surface area contributed by atoms with Crippen LogP contribution in [0.3, 0.4) is 0 Å². The highest BCUT2D eigenvalue weighted by molar-refractivity contribution is 5.73. The summed E-state index contributed by atoms with van der Waals surface area (Å²) in [5.74, 6) is -4.56. The summed E-state index contributed by atoms with van der Waals surface area (Å²) in [4.78, 5) is 8.90. The van der Waals surface area contributed by atoms with E-state index in [0.717, 1.165) is 13.1 Å². The predicted octanol–water partition coefficient (Wildman–Crippen LogP) is 0.905. The maximum Gasteiger partial charge on any atom is 0.490 e. The van der Waals surface area contributed by atoms with E-state index in [-0.39, 0.29) is 6.10 Å². The SMILES string of the molecule is FC1(OC2CNC2)C=CC=CN1.O=C(O)C(F)(F)F. The van der Waals surface area contributed by atoms with Crippen LogP contribution >= 0.6 is 0 Å². The number of aliphatic carboxylic acids is 1. The lowest BCUT2D eigenvalue weighted by Crippen LogP contribution is -2.54. The fourth-order valence-electron chi connectivity index (χ4n) is 1.11. The van der Waals surface area contributed by atoms with E-state index in [1.807, 2.05) is 0 Å². The smallest absolute Gasteiger partial charge is 0.475 e. The minimum Gasteiger partial charge on any atom is -0.475 e. The third-order valence-corrected chi connectivity index (χ3v) is 2.12. The molecule has 0 aromatic carbocycles. The number of hydrogen-bond donors (Lipinski definition) is 3.